The molecule has 4 rings (SSSR count). The number of ether oxygens (including phenoxy) is 1. The predicted octanol–water partition coefficient (Wildman–Crippen LogP) is 3.86. The van der Waals surface area contributed by atoms with Crippen LogP contribution in [0.5, 0.6) is 5.75 Å². The maximum Gasteiger partial charge on any atom is 0.230 e. The van der Waals surface area contributed by atoms with Gasteiger partial charge < -0.3 is 15.0 Å². The number of carbonyl (C=O) groups is 1. The van der Waals surface area contributed by atoms with Gasteiger partial charge in [0, 0.05) is 6.07 Å². The number of rotatable bonds is 5. The molecule has 0 saturated heterocycles. The van der Waals surface area contributed by atoms with Gasteiger partial charge in [-0.1, -0.05) is 36.0 Å². The molecule has 2 aromatic carbocycles. The molecule has 134 valence electrons. The summed E-state index contributed by atoms with van der Waals surface area (Å²) < 4.78 is 5.22. The van der Waals surface area contributed by atoms with Gasteiger partial charge in [0.15, 0.2) is 5.16 Å². The van der Waals surface area contributed by atoms with Crippen LogP contribution in [0.15, 0.2) is 47.6 Å². The van der Waals surface area contributed by atoms with Gasteiger partial charge in [-0.05, 0) is 42.5 Å². The lowest BCUT2D eigenvalue weighted by Gasteiger charge is -2.26. The van der Waals surface area contributed by atoms with Gasteiger partial charge in [-0.25, -0.2) is 4.98 Å². The van der Waals surface area contributed by atoms with Crippen molar-refractivity contribution in [2.24, 2.45) is 0 Å². The van der Waals surface area contributed by atoms with Gasteiger partial charge in [0.05, 0.1) is 29.9 Å². The van der Waals surface area contributed by atoms with Gasteiger partial charge in [0.2, 0.25) is 5.91 Å². The Labute approximate surface area is 156 Å². The fraction of sp³-hybridized carbons (Fsp3) is 0.300. The highest BCUT2D eigenvalue weighted by Gasteiger charge is 2.21. The van der Waals surface area contributed by atoms with E-state index in [4.69, 9.17) is 4.74 Å². The topological polar surface area (TPSA) is 67.0 Å². The number of amides is 1. The first kappa shape index (κ1) is 17.0. The number of hydrogen-bond donors (Lipinski definition) is 2. The molecule has 0 aliphatic heterocycles. The predicted molar refractivity (Wildman–Crippen MR) is 104 cm³/mol. The Bertz CT molecular complexity index is 938. The van der Waals surface area contributed by atoms with Crippen LogP contribution in [0, 0.1) is 0 Å². The summed E-state index contributed by atoms with van der Waals surface area (Å²) in [6.07, 6.45) is 3.21. The number of benzene rings is 2. The van der Waals surface area contributed by atoms with Gasteiger partial charge in [-0.2, -0.15) is 0 Å². The van der Waals surface area contributed by atoms with E-state index in [1.54, 1.807) is 7.11 Å². The van der Waals surface area contributed by atoms with E-state index in [1.807, 2.05) is 24.3 Å². The van der Waals surface area contributed by atoms with Gasteiger partial charge in [0.25, 0.3) is 0 Å². The van der Waals surface area contributed by atoms with Gasteiger partial charge in [0.1, 0.15) is 5.75 Å². The van der Waals surface area contributed by atoms with Crippen molar-refractivity contribution in [3.8, 4) is 5.75 Å². The highest BCUT2D eigenvalue weighted by Crippen LogP contribution is 2.29. The van der Waals surface area contributed by atoms with Crippen molar-refractivity contribution >= 4 is 28.7 Å². The lowest BCUT2D eigenvalue weighted by Crippen LogP contribution is -2.32. The molecule has 6 heteroatoms. The van der Waals surface area contributed by atoms with Crippen LogP contribution in [-0.4, -0.2) is 28.7 Å². The van der Waals surface area contributed by atoms with Crippen LogP contribution in [0.4, 0.5) is 0 Å². The van der Waals surface area contributed by atoms with Crippen LogP contribution >= 0.6 is 11.8 Å². The SMILES string of the molecule is COc1ccc2nc(SCC(=O)N[C@@H]3CCCc4ccccc43)[nH]c2c1. The second-order valence-electron chi connectivity index (χ2n) is 6.42. The third-order valence-corrected chi connectivity index (χ3v) is 5.59. The van der Waals surface area contributed by atoms with E-state index in [0.29, 0.717) is 5.75 Å². The minimum absolute atomic E-state index is 0.0368. The maximum atomic E-state index is 12.4. The average Bonchev–Trinajstić information content (AvgIpc) is 3.08. The first-order valence-corrected chi connectivity index (χ1v) is 9.75. The molecule has 1 aliphatic carbocycles. The largest absolute Gasteiger partial charge is 0.497 e. The molecule has 0 spiro atoms. The Balaban J connectivity index is 1.39. The van der Waals surface area contributed by atoms with Crippen LogP contribution < -0.4 is 10.1 Å². The number of methoxy groups -OCH3 is 1. The zero-order valence-electron chi connectivity index (χ0n) is 14.6. The van der Waals surface area contributed by atoms with Crippen molar-refractivity contribution < 1.29 is 9.53 Å². The Morgan fingerprint density at radius 2 is 2.23 bits per heavy atom. The molecule has 3 aromatic rings. The summed E-state index contributed by atoms with van der Waals surface area (Å²) in [4.78, 5) is 20.2. The van der Waals surface area contributed by atoms with Crippen LogP contribution in [0.2, 0.25) is 0 Å². The minimum Gasteiger partial charge on any atom is -0.497 e. The third kappa shape index (κ3) is 3.55. The summed E-state index contributed by atoms with van der Waals surface area (Å²) in [5, 5.41) is 3.92. The number of thioether (sulfide) groups is 1. The fourth-order valence-electron chi connectivity index (χ4n) is 3.43. The number of nitrogens with zero attached hydrogens (tertiary/aromatic N) is 1. The number of imidazole rings is 1. The molecule has 5 nitrogen and oxygen atoms in total. The van der Waals surface area contributed by atoms with Crippen molar-refractivity contribution in [2.45, 2.75) is 30.5 Å². The van der Waals surface area contributed by atoms with Crippen molar-refractivity contribution in [3.63, 3.8) is 0 Å². The van der Waals surface area contributed by atoms with Crippen molar-refractivity contribution in [1.82, 2.24) is 15.3 Å². The summed E-state index contributed by atoms with van der Waals surface area (Å²) >= 11 is 1.42. The molecule has 0 saturated carbocycles. The molecular formula is C20H21N3O2S. The van der Waals surface area contributed by atoms with Crippen LogP contribution in [-0.2, 0) is 11.2 Å². The van der Waals surface area contributed by atoms with E-state index in [-0.39, 0.29) is 11.9 Å². The molecule has 0 fully saturated rings. The second-order valence-corrected chi connectivity index (χ2v) is 7.39. The molecule has 2 N–H and O–H groups in total. The van der Waals surface area contributed by atoms with E-state index in [0.717, 1.165) is 41.2 Å². The van der Waals surface area contributed by atoms with E-state index < -0.39 is 0 Å². The zero-order valence-corrected chi connectivity index (χ0v) is 15.4. The molecule has 1 atom stereocenters. The maximum absolute atomic E-state index is 12.4. The smallest absolute Gasteiger partial charge is 0.230 e. The first-order chi connectivity index (χ1) is 12.7. The van der Waals surface area contributed by atoms with E-state index >= 15 is 0 Å². The van der Waals surface area contributed by atoms with Gasteiger partial charge in [-0.3, -0.25) is 4.79 Å². The molecular weight excluding hydrogens is 346 g/mol. The standard InChI is InChI=1S/C20H21N3O2S/c1-25-14-9-10-17-18(11-14)23-20(22-17)26-12-19(24)21-16-8-4-6-13-5-2-3-7-15(13)16/h2-3,5,7,9-11,16H,4,6,8,12H2,1H3,(H,21,24)(H,22,23)/t16-/m1/s1. The number of nitrogens with one attached hydrogen (secondary N) is 2. The molecule has 26 heavy (non-hydrogen) atoms. The molecule has 1 amide bonds. The number of carbonyl (C=O) groups excluding carboxylic acids is 1. The summed E-state index contributed by atoms with van der Waals surface area (Å²) in [5.74, 6) is 1.16. The average molecular weight is 367 g/mol. The summed E-state index contributed by atoms with van der Waals surface area (Å²) in [6.45, 7) is 0. The van der Waals surface area contributed by atoms with Gasteiger partial charge in [-0.15, -0.1) is 0 Å². The monoisotopic (exact) mass is 367 g/mol. The quantitative estimate of drug-likeness (QED) is 0.672. The van der Waals surface area contributed by atoms with Crippen LogP contribution in [0.25, 0.3) is 11.0 Å². The number of aryl methyl sites for hydroxylation is 1. The van der Waals surface area contributed by atoms with E-state index in [9.17, 15) is 4.79 Å². The Hall–Kier alpha value is -2.47. The number of aromatic amines is 1. The second kappa shape index (κ2) is 7.41. The highest BCUT2D eigenvalue weighted by atomic mass is 32.2. The number of H-pyrrole nitrogens is 1. The lowest BCUT2D eigenvalue weighted by molar-refractivity contribution is -0.119. The fourth-order valence-corrected chi connectivity index (χ4v) is 4.13. The summed E-state index contributed by atoms with van der Waals surface area (Å²) in [6, 6.07) is 14.2. The zero-order chi connectivity index (χ0) is 17.9. The minimum atomic E-state index is 0.0368. The van der Waals surface area contributed by atoms with Crippen LogP contribution in [0.3, 0.4) is 0 Å². The molecule has 0 bridgehead atoms. The lowest BCUT2D eigenvalue weighted by atomic mass is 9.88. The summed E-state index contributed by atoms with van der Waals surface area (Å²) in [5.41, 5.74) is 4.39. The van der Waals surface area contributed by atoms with Gasteiger partial charge >= 0.3 is 0 Å². The molecule has 1 aromatic heterocycles. The molecule has 0 unspecified atom stereocenters. The first-order valence-electron chi connectivity index (χ1n) is 8.76. The number of fused-ring (bicyclic) bond motifs is 2. The number of aromatic nitrogens is 2. The Kier molecular flexibility index (Phi) is 4.84. The van der Waals surface area contributed by atoms with Crippen LogP contribution in [0.1, 0.15) is 30.0 Å². The van der Waals surface area contributed by atoms with E-state index in [2.05, 4.69) is 33.5 Å². The van der Waals surface area contributed by atoms with Crippen molar-refractivity contribution in [2.75, 3.05) is 12.9 Å². The number of hydrogen-bond acceptors (Lipinski definition) is 4. The van der Waals surface area contributed by atoms with Crippen molar-refractivity contribution in [3.05, 3.63) is 53.6 Å². The normalized spacial score (nSPS) is 16.3. The molecule has 1 aliphatic rings. The van der Waals surface area contributed by atoms with Crippen molar-refractivity contribution in [1.29, 1.82) is 0 Å². The third-order valence-electron chi connectivity index (χ3n) is 4.71. The Morgan fingerprint density at radius 3 is 3.12 bits per heavy atom. The molecule has 1 heterocycles. The van der Waals surface area contributed by atoms with E-state index in [1.165, 1.54) is 22.9 Å². The Morgan fingerprint density at radius 1 is 1.35 bits per heavy atom. The molecule has 0 radical (unpaired) electrons. The highest BCUT2D eigenvalue weighted by molar-refractivity contribution is 7.99. The summed E-state index contributed by atoms with van der Waals surface area (Å²) in [7, 11) is 1.64.